The molecule has 2 atom stereocenters. The molecular formula is C18H15F4NO4. The van der Waals surface area contributed by atoms with Gasteiger partial charge in [0.1, 0.15) is 5.82 Å². The normalized spacial score (nSPS) is 14.9. The standard InChI is InChI=1S/C18H15F4NO4/c1-27-17(18(20,21)22,12-5-3-2-4-6-12)16(26)23-14(15(24)25)11-7-9-13(19)10-8-11/h2-10,14H,1H3,(H,23,26)(H,24,25)/t14-,17?/m1/s1. The van der Waals surface area contributed by atoms with Crippen molar-refractivity contribution in [3.63, 3.8) is 0 Å². The third-order valence-corrected chi connectivity index (χ3v) is 3.93. The molecular weight excluding hydrogens is 370 g/mol. The number of alkyl halides is 3. The first kappa shape index (κ1) is 20.4. The van der Waals surface area contributed by atoms with Crippen molar-refractivity contribution in [2.75, 3.05) is 7.11 Å². The molecule has 0 fully saturated rings. The third kappa shape index (κ3) is 3.92. The monoisotopic (exact) mass is 385 g/mol. The predicted octanol–water partition coefficient (Wildman–Crippen LogP) is 3.17. The van der Waals surface area contributed by atoms with Crippen LogP contribution < -0.4 is 5.32 Å². The fourth-order valence-electron chi connectivity index (χ4n) is 2.60. The Hall–Kier alpha value is -2.94. The number of carboxylic acids is 1. The van der Waals surface area contributed by atoms with Crippen LogP contribution in [0.15, 0.2) is 54.6 Å². The third-order valence-electron chi connectivity index (χ3n) is 3.93. The summed E-state index contributed by atoms with van der Waals surface area (Å²) >= 11 is 0. The van der Waals surface area contributed by atoms with Crippen LogP contribution in [-0.4, -0.2) is 30.3 Å². The average Bonchev–Trinajstić information content (AvgIpc) is 2.61. The minimum atomic E-state index is -5.18. The van der Waals surface area contributed by atoms with Gasteiger partial charge in [0, 0.05) is 12.7 Å². The molecule has 2 N–H and O–H groups in total. The summed E-state index contributed by atoms with van der Waals surface area (Å²) in [5.41, 5.74) is -4.03. The number of carbonyl (C=O) groups is 2. The maximum Gasteiger partial charge on any atom is 0.430 e. The second-order valence-electron chi connectivity index (χ2n) is 5.55. The van der Waals surface area contributed by atoms with Gasteiger partial charge in [-0.3, -0.25) is 4.79 Å². The Morgan fingerprint density at radius 1 is 1.04 bits per heavy atom. The molecule has 0 saturated carbocycles. The summed E-state index contributed by atoms with van der Waals surface area (Å²) in [7, 11) is 0.702. The van der Waals surface area contributed by atoms with Crippen LogP contribution in [0.4, 0.5) is 17.6 Å². The van der Waals surface area contributed by atoms with E-state index in [1.807, 2.05) is 5.32 Å². The molecule has 1 amide bonds. The van der Waals surface area contributed by atoms with Gasteiger partial charge < -0.3 is 15.2 Å². The lowest BCUT2D eigenvalue weighted by atomic mass is 9.91. The number of benzene rings is 2. The number of amides is 1. The van der Waals surface area contributed by atoms with Crippen LogP contribution in [0, 0.1) is 5.82 Å². The molecule has 27 heavy (non-hydrogen) atoms. The van der Waals surface area contributed by atoms with E-state index in [0.717, 1.165) is 36.4 Å². The molecule has 0 saturated heterocycles. The van der Waals surface area contributed by atoms with Gasteiger partial charge in [-0.15, -0.1) is 0 Å². The Morgan fingerprint density at radius 2 is 1.59 bits per heavy atom. The van der Waals surface area contributed by atoms with Crippen molar-refractivity contribution in [3.8, 4) is 0 Å². The van der Waals surface area contributed by atoms with Gasteiger partial charge >= 0.3 is 12.1 Å². The van der Waals surface area contributed by atoms with Crippen molar-refractivity contribution in [1.29, 1.82) is 0 Å². The number of methoxy groups -OCH3 is 1. The van der Waals surface area contributed by atoms with Crippen molar-refractivity contribution in [2.45, 2.75) is 17.8 Å². The van der Waals surface area contributed by atoms with Crippen molar-refractivity contribution < 1.29 is 37.0 Å². The lowest BCUT2D eigenvalue weighted by Gasteiger charge is -2.34. The number of carboxylic acid groups (broad SMARTS) is 1. The zero-order valence-electron chi connectivity index (χ0n) is 14.0. The zero-order valence-corrected chi connectivity index (χ0v) is 14.0. The van der Waals surface area contributed by atoms with Crippen LogP contribution in [0.25, 0.3) is 0 Å². The number of hydrogen-bond acceptors (Lipinski definition) is 3. The number of aliphatic carboxylic acids is 1. The molecule has 2 aromatic carbocycles. The number of halogens is 4. The van der Waals surface area contributed by atoms with E-state index in [-0.39, 0.29) is 5.56 Å². The lowest BCUT2D eigenvalue weighted by Crippen LogP contribution is -2.56. The fraction of sp³-hybridized carbons (Fsp3) is 0.222. The molecule has 0 radical (unpaired) electrons. The smallest absolute Gasteiger partial charge is 0.430 e. The minimum Gasteiger partial charge on any atom is -0.479 e. The van der Waals surface area contributed by atoms with E-state index in [9.17, 15) is 32.3 Å². The van der Waals surface area contributed by atoms with Crippen molar-refractivity contribution >= 4 is 11.9 Å². The Morgan fingerprint density at radius 3 is 2.04 bits per heavy atom. The molecule has 2 rings (SSSR count). The summed E-state index contributed by atoms with van der Waals surface area (Å²) < 4.78 is 59.1. The summed E-state index contributed by atoms with van der Waals surface area (Å²) in [6, 6.07) is 8.26. The van der Waals surface area contributed by atoms with Crippen molar-refractivity contribution in [1.82, 2.24) is 5.32 Å². The first-order chi connectivity index (χ1) is 12.6. The summed E-state index contributed by atoms with van der Waals surface area (Å²) in [6.45, 7) is 0. The van der Waals surface area contributed by atoms with E-state index >= 15 is 0 Å². The first-order valence-electron chi connectivity index (χ1n) is 7.60. The molecule has 0 aromatic heterocycles. The Bertz CT molecular complexity index is 808. The summed E-state index contributed by atoms with van der Waals surface area (Å²) in [5, 5.41) is 11.2. The van der Waals surface area contributed by atoms with Crippen LogP contribution in [0.2, 0.25) is 0 Å². The number of nitrogens with one attached hydrogen (secondary N) is 1. The maximum absolute atomic E-state index is 13.8. The van der Waals surface area contributed by atoms with Crippen molar-refractivity contribution in [2.24, 2.45) is 0 Å². The van der Waals surface area contributed by atoms with E-state index < -0.39 is 41.1 Å². The first-order valence-corrected chi connectivity index (χ1v) is 7.60. The van der Waals surface area contributed by atoms with E-state index in [4.69, 9.17) is 0 Å². The van der Waals surface area contributed by atoms with Crippen LogP contribution in [-0.2, 0) is 19.9 Å². The van der Waals surface area contributed by atoms with Gasteiger partial charge in [0.2, 0.25) is 0 Å². The van der Waals surface area contributed by atoms with Gasteiger partial charge in [-0.1, -0.05) is 42.5 Å². The van der Waals surface area contributed by atoms with E-state index in [1.165, 1.54) is 18.2 Å². The Labute approximate surface area is 151 Å². The molecule has 144 valence electrons. The van der Waals surface area contributed by atoms with Gasteiger partial charge in [0.15, 0.2) is 6.04 Å². The summed E-state index contributed by atoms with van der Waals surface area (Å²) in [4.78, 5) is 24.1. The average molecular weight is 385 g/mol. The molecule has 9 heteroatoms. The van der Waals surface area contributed by atoms with E-state index in [2.05, 4.69) is 4.74 Å². The molecule has 1 unspecified atom stereocenters. The van der Waals surface area contributed by atoms with Crippen LogP contribution in [0.1, 0.15) is 17.2 Å². The highest BCUT2D eigenvalue weighted by molar-refractivity contribution is 5.91. The fourth-order valence-corrected chi connectivity index (χ4v) is 2.60. The van der Waals surface area contributed by atoms with Gasteiger partial charge in [-0.25, -0.2) is 9.18 Å². The molecule has 0 heterocycles. The quantitative estimate of drug-likeness (QED) is 0.749. The summed E-state index contributed by atoms with van der Waals surface area (Å²) in [6.07, 6.45) is -5.18. The molecule has 0 aliphatic heterocycles. The summed E-state index contributed by atoms with van der Waals surface area (Å²) in [5.74, 6) is -3.99. The molecule has 5 nitrogen and oxygen atoms in total. The van der Waals surface area contributed by atoms with Crippen molar-refractivity contribution in [3.05, 3.63) is 71.5 Å². The predicted molar refractivity (Wildman–Crippen MR) is 86.1 cm³/mol. The van der Waals surface area contributed by atoms with E-state index in [0.29, 0.717) is 7.11 Å². The number of carbonyl (C=O) groups excluding carboxylic acids is 1. The van der Waals surface area contributed by atoms with Gasteiger partial charge in [0.25, 0.3) is 11.5 Å². The second-order valence-corrected chi connectivity index (χ2v) is 5.55. The molecule has 2 aromatic rings. The van der Waals surface area contributed by atoms with Gasteiger partial charge in [0.05, 0.1) is 0 Å². The molecule has 0 spiro atoms. The van der Waals surface area contributed by atoms with Crippen LogP contribution >= 0.6 is 0 Å². The highest BCUT2D eigenvalue weighted by Gasteiger charge is 2.63. The minimum absolute atomic E-state index is 0.0995. The zero-order chi connectivity index (χ0) is 20.2. The van der Waals surface area contributed by atoms with Gasteiger partial charge in [-0.2, -0.15) is 13.2 Å². The Kier molecular flexibility index (Phi) is 5.85. The molecule has 0 aliphatic carbocycles. The van der Waals surface area contributed by atoms with E-state index in [1.54, 1.807) is 0 Å². The van der Waals surface area contributed by atoms with Crippen LogP contribution in [0.3, 0.4) is 0 Å². The lowest BCUT2D eigenvalue weighted by molar-refractivity contribution is -0.266. The molecule has 0 aliphatic rings. The number of hydrogen-bond donors (Lipinski definition) is 2. The Balaban J connectivity index is 2.48. The SMILES string of the molecule is COC(C(=O)N[C@@H](C(=O)O)c1ccc(F)cc1)(c1ccccc1)C(F)(F)F. The van der Waals surface area contributed by atoms with Crippen LogP contribution in [0.5, 0.6) is 0 Å². The largest absolute Gasteiger partial charge is 0.479 e. The highest BCUT2D eigenvalue weighted by Crippen LogP contribution is 2.42. The topological polar surface area (TPSA) is 75.6 Å². The van der Waals surface area contributed by atoms with Gasteiger partial charge in [-0.05, 0) is 17.7 Å². The second kappa shape index (κ2) is 7.75. The number of rotatable bonds is 6. The number of ether oxygens (including phenoxy) is 1. The highest BCUT2D eigenvalue weighted by atomic mass is 19.4. The maximum atomic E-state index is 13.8. The molecule has 0 bridgehead atoms.